The van der Waals surface area contributed by atoms with Crippen molar-refractivity contribution < 1.29 is 0 Å². The van der Waals surface area contributed by atoms with E-state index in [0.717, 1.165) is 17.9 Å². The first-order chi connectivity index (χ1) is 8.42. The van der Waals surface area contributed by atoms with Gasteiger partial charge in [-0.2, -0.15) is 0 Å². The number of rotatable bonds is 4. The van der Waals surface area contributed by atoms with Crippen molar-refractivity contribution in [3.05, 3.63) is 0 Å². The van der Waals surface area contributed by atoms with Crippen molar-refractivity contribution >= 4 is 0 Å². The number of nitrogens with one attached hydrogen (secondary N) is 1. The molecule has 2 heteroatoms. The van der Waals surface area contributed by atoms with Crippen LogP contribution in [0, 0.1) is 11.8 Å². The lowest BCUT2D eigenvalue weighted by atomic mass is 10.0. The zero-order chi connectivity index (χ0) is 11.5. The van der Waals surface area contributed by atoms with Crippen LogP contribution in [-0.2, 0) is 0 Å². The molecule has 0 amide bonds. The summed E-state index contributed by atoms with van der Waals surface area (Å²) in [5.41, 5.74) is 0. The van der Waals surface area contributed by atoms with Gasteiger partial charge in [0, 0.05) is 12.6 Å². The zero-order valence-electron chi connectivity index (χ0n) is 11.2. The molecule has 3 rings (SSSR count). The smallest absolute Gasteiger partial charge is 0.0223 e. The third-order valence-electron chi connectivity index (χ3n) is 5.03. The second-order valence-corrected chi connectivity index (χ2v) is 6.49. The van der Waals surface area contributed by atoms with Crippen molar-refractivity contribution in [2.75, 3.05) is 26.2 Å². The van der Waals surface area contributed by atoms with Crippen LogP contribution in [0.4, 0.5) is 0 Å². The van der Waals surface area contributed by atoms with Crippen LogP contribution in [-0.4, -0.2) is 37.1 Å². The molecular weight excluding hydrogens is 208 g/mol. The van der Waals surface area contributed by atoms with Gasteiger partial charge < -0.3 is 10.2 Å². The molecular formula is C15H28N2. The van der Waals surface area contributed by atoms with Gasteiger partial charge in [0.25, 0.3) is 0 Å². The lowest BCUT2D eigenvalue weighted by Crippen LogP contribution is -2.39. The number of hydrogen-bond acceptors (Lipinski definition) is 2. The fourth-order valence-corrected chi connectivity index (χ4v) is 3.71. The molecule has 2 saturated carbocycles. The molecule has 1 unspecified atom stereocenters. The van der Waals surface area contributed by atoms with Gasteiger partial charge in [-0.25, -0.2) is 0 Å². The zero-order valence-corrected chi connectivity index (χ0v) is 11.2. The van der Waals surface area contributed by atoms with E-state index in [9.17, 15) is 0 Å². The SMILES string of the molecule is C1CCC(CCN2CCCNC(C3CC3)C2)C1. The highest BCUT2D eigenvalue weighted by molar-refractivity contribution is 4.90. The Kier molecular flexibility index (Phi) is 4.02. The summed E-state index contributed by atoms with van der Waals surface area (Å²) in [6.07, 6.45) is 11.8. The molecule has 0 aromatic carbocycles. The van der Waals surface area contributed by atoms with Gasteiger partial charge in [0.2, 0.25) is 0 Å². The van der Waals surface area contributed by atoms with Crippen molar-refractivity contribution in [1.29, 1.82) is 0 Å². The molecule has 1 saturated heterocycles. The summed E-state index contributed by atoms with van der Waals surface area (Å²) >= 11 is 0. The second-order valence-electron chi connectivity index (χ2n) is 6.49. The average molecular weight is 236 g/mol. The molecule has 0 spiro atoms. The van der Waals surface area contributed by atoms with Crippen molar-refractivity contribution in [2.45, 2.75) is 57.4 Å². The predicted octanol–water partition coefficient (Wildman–Crippen LogP) is 2.64. The van der Waals surface area contributed by atoms with Gasteiger partial charge in [0.15, 0.2) is 0 Å². The Morgan fingerprint density at radius 1 is 1.00 bits per heavy atom. The van der Waals surface area contributed by atoms with E-state index in [2.05, 4.69) is 10.2 Å². The summed E-state index contributed by atoms with van der Waals surface area (Å²) in [5, 5.41) is 3.76. The van der Waals surface area contributed by atoms with Crippen molar-refractivity contribution in [1.82, 2.24) is 10.2 Å². The third-order valence-corrected chi connectivity index (χ3v) is 5.03. The predicted molar refractivity (Wildman–Crippen MR) is 72.1 cm³/mol. The van der Waals surface area contributed by atoms with E-state index in [1.165, 1.54) is 77.5 Å². The molecule has 1 N–H and O–H groups in total. The average Bonchev–Trinajstić information content (AvgIpc) is 3.09. The minimum Gasteiger partial charge on any atom is -0.312 e. The minimum absolute atomic E-state index is 0.820. The highest BCUT2D eigenvalue weighted by atomic mass is 15.2. The van der Waals surface area contributed by atoms with E-state index in [1.54, 1.807) is 0 Å². The molecule has 2 nitrogen and oxygen atoms in total. The monoisotopic (exact) mass is 236 g/mol. The first kappa shape index (κ1) is 12.0. The van der Waals surface area contributed by atoms with E-state index >= 15 is 0 Å². The second kappa shape index (κ2) is 5.71. The quantitative estimate of drug-likeness (QED) is 0.807. The molecule has 2 aliphatic carbocycles. The van der Waals surface area contributed by atoms with Gasteiger partial charge in [-0.15, -0.1) is 0 Å². The maximum Gasteiger partial charge on any atom is 0.0223 e. The Labute approximate surface area is 106 Å². The lowest BCUT2D eigenvalue weighted by Gasteiger charge is -2.25. The maximum atomic E-state index is 3.76. The topological polar surface area (TPSA) is 15.3 Å². The standard InChI is InChI=1S/C15H28N2/c1-2-5-13(4-1)8-11-17-10-3-9-16-15(12-17)14-6-7-14/h13-16H,1-12H2. The van der Waals surface area contributed by atoms with Gasteiger partial charge in [0.05, 0.1) is 0 Å². The number of nitrogens with zero attached hydrogens (tertiary/aromatic N) is 1. The van der Waals surface area contributed by atoms with Crippen LogP contribution in [0.25, 0.3) is 0 Å². The van der Waals surface area contributed by atoms with Crippen LogP contribution in [0.15, 0.2) is 0 Å². The molecule has 3 aliphatic rings. The molecule has 0 aromatic rings. The Morgan fingerprint density at radius 3 is 2.59 bits per heavy atom. The van der Waals surface area contributed by atoms with Gasteiger partial charge in [-0.3, -0.25) is 0 Å². The summed E-state index contributed by atoms with van der Waals surface area (Å²) in [7, 11) is 0. The van der Waals surface area contributed by atoms with E-state index in [0.29, 0.717) is 0 Å². The third kappa shape index (κ3) is 3.45. The number of hydrogen-bond donors (Lipinski definition) is 1. The Morgan fingerprint density at radius 2 is 1.82 bits per heavy atom. The van der Waals surface area contributed by atoms with Crippen molar-refractivity contribution in [2.24, 2.45) is 11.8 Å². The molecule has 0 aromatic heterocycles. The van der Waals surface area contributed by atoms with Crippen LogP contribution in [0.1, 0.15) is 51.4 Å². The molecule has 3 fully saturated rings. The molecule has 98 valence electrons. The first-order valence-corrected chi connectivity index (χ1v) is 7.87. The normalized spacial score (nSPS) is 32.8. The summed E-state index contributed by atoms with van der Waals surface area (Å²) in [4.78, 5) is 2.75. The van der Waals surface area contributed by atoms with Crippen molar-refractivity contribution in [3.8, 4) is 0 Å². The van der Waals surface area contributed by atoms with Crippen LogP contribution < -0.4 is 5.32 Å². The lowest BCUT2D eigenvalue weighted by molar-refractivity contribution is 0.239. The van der Waals surface area contributed by atoms with Gasteiger partial charge >= 0.3 is 0 Å². The molecule has 1 aliphatic heterocycles. The van der Waals surface area contributed by atoms with Crippen LogP contribution in [0.2, 0.25) is 0 Å². The minimum atomic E-state index is 0.820. The highest BCUT2D eigenvalue weighted by Gasteiger charge is 2.33. The van der Waals surface area contributed by atoms with E-state index in [1.807, 2.05) is 0 Å². The molecule has 0 radical (unpaired) electrons. The van der Waals surface area contributed by atoms with Gasteiger partial charge in [-0.05, 0) is 57.2 Å². The fraction of sp³-hybridized carbons (Fsp3) is 1.00. The molecule has 17 heavy (non-hydrogen) atoms. The van der Waals surface area contributed by atoms with Crippen LogP contribution in [0.5, 0.6) is 0 Å². The van der Waals surface area contributed by atoms with E-state index in [4.69, 9.17) is 0 Å². The van der Waals surface area contributed by atoms with Crippen molar-refractivity contribution in [3.63, 3.8) is 0 Å². The molecule has 1 heterocycles. The van der Waals surface area contributed by atoms with Gasteiger partial charge in [-0.1, -0.05) is 25.7 Å². The summed E-state index contributed by atoms with van der Waals surface area (Å²) in [6.45, 7) is 5.29. The fourth-order valence-electron chi connectivity index (χ4n) is 3.71. The summed E-state index contributed by atoms with van der Waals surface area (Å²) < 4.78 is 0. The van der Waals surface area contributed by atoms with Crippen LogP contribution in [0.3, 0.4) is 0 Å². The first-order valence-electron chi connectivity index (χ1n) is 7.87. The largest absolute Gasteiger partial charge is 0.312 e. The van der Waals surface area contributed by atoms with Gasteiger partial charge in [0.1, 0.15) is 0 Å². The Bertz CT molecular complexity index is 231. The molecule has 0 bridgehead atoms. The highest BCUT2D eigenvalue weighted by Crippen LogP contribution is 2.34. The summed E-state index contributed by atoms with van der Waals surface area (Å²) in [6, 6.07) is 0.820. The summed E-state index contributed by atoms with van der Waals surface area (Å²) in [5.74, 6) is 2.08. The van der Waals surface area contributed by atoms with E-state index in [-0.39, 0.29) is 0 Å². The van der Waals surface area contributed by atoms with Crippen LogP contribution >= 0.6 is 0 Å². The Balaban J connectivity index is 1.43. The van der Waals surface area contributed by atoms with E-state index < -0.39 is 0 Å². The maximum absolute atomic E-state index is 3.76. The molecule has 1 atom stereocenters. The Hall–Kier alpha value is -0.0800.